The highest BCUT2D eigenvalue weighted by molar-refractivity contribution is 9.10. The number of alkyl halides is 2. The fourth-order valence-electron chi connectivity index (χ4n) is 4.56. The summed E-state index contributed by atoms with van der Waals surface area (Å²) in [7, 11) is -9.24. The third-order valence-electron chi connectivity index (χ3n) is 6.76. The van der Waals surface area contributed by atoms with E-state index >= 15 is 8.78 Å². The van der Waals surface area contributed by atoms with Crippen molar-refractivity contribution in [1.29, 1.82) is 0 Å². The molecule has 0 aliphatic heterocycles. The lowest BCUT2D eigenvalue weighted by Crippen LogP contribution is -2.26. The van der Waals surface area contributed by atoms with E-state index < -0.39 is 52.9 Å². The first kappa shape index (κ1) is 36.2. The van der Waals surface area contributed by atoms with Gasteiger partial charge in [-0.25, -0.2) is 18.0 Å². The molecule has 3 aromatic carbocycles. The van der Waals surface area contributed by atoms with Crippen LogP contribution < -0.4 is 5.69 Å². The van der Waals surface area contributed by atoms with Crippen molar-refractivity contribution in [3.8, 4) is 11.3 Å². The number of aromatic nitrogens is 2. The highest BCUT2D eigenvalue weighted by atomic mass is 79.9. The summed E-state index contributed by atoms with van der Waals surface area (Å²) in [5.74, 6) is 0. The van der Waals surface area contributed by atoms with E-state index in [0.717, 1.165) is 24.8 Å². The molecular formula is C31H32BrF2N2O9PS. The Hall–Kier alpha value is -3.62. The molecule has 0 fully saturated rings. The quantitative estimate of drug-likeness (QED) is 0.0945. The molecule has 1 heterocycles. The Kier molecular flexibility index (Phi) is 11.0. The molecule has 1 aromatic heterocycles. The fourth-order valence-corrected chi connectivity index (χ4v) is 7.10. The zero-order valence-corrected chi connectivity index (χ0v) is 29.0. The van der Waals surface area contributed by atoms with Crippen LogP contribution in [0.1, 0.15) is 37.5 Å². The van der Waals surface area contributed by atoms with Crippen molar-refractivity contribution >= 4 is 39.5 Å². The predicted molar refractivity (Wildman–Crippen MR) is 173 cm³/mol. The number of imidazole rings is 1. The van der Waals surface area contributed by atoms with E-state index in [1.165, 1.54) is 47.2 Å². The number of carbonyl (C=O) groups excluding carboxylic acids is 1. The minimum atomic E-state index is -5.77. The number of ether oxygens (including phenoxy) is 2. The van der Waals surface area contributed by atoms with Crippen molar-refractivity contribution in [3.63, 3.8) is 0 Å². The van der Waals surface area contributed by atoms with Gasteiger partial charge < -0.3 is 14.4 Å². The second-order valence-corrected chi connectivity index (χ2v) is 15.6. The molecule has 4 aromatic rings. The molecule has 0 saturated heterocycles. The zero-order valence-electron chi connectivity index (χ0n) is 25.7. The first-order valence-electron chi connectivity index (χ1n) is 14.1. The van der Waals surface area contributed by atoms with Crippen LogP contribution in [-0.2, 0) is 47.2 Å². The molecule has 0 aliphatic rings. The molecular weight excluding hydrogens is 725 g/mol. The Morgan fingerprint density at radius 3 is 2.19 bits per heavy atom. The summed E-state index contributed by atoms with van der Waals surface area (Å²) < 4.78 is 84.1. The van der Waals surface area contributed by atoms with Gasteiger partial charge in [0.15, 0.2) is 9.84 Å². The van der Waals surface area contributed by atoms with Crippen LogP contribution in [0.15, 0.2) is 93.2 Å². The molecule has 2 atom stereocenters. The van der Waals surface area contributed by atoms with Crippen molar-refractivity contribution in [2.45, 2.75) is 56.8 Å². The van der Waals surface area contributed by atoms with E-state index in [1.54, 1.807) is 18.3 Å². The molecule has 0 radical (unpaired) electrons. The topological polar surface area (TPSA) is 143 Å². The summed E-state index contributed by atoms with van der Waals surface area (Å²) in [6.45, 7) is 4.18. The number of hydrogen-bond acceptors (Lipinski definition) is 8. The van der Waals surface area contributed by atoms with Crippen LogP contribution in [0.5, 0.6) is 0 Å². The van der Waals surface area contributed by atoms with Crippen molar-refractivity contribution < 1.29 is 45.4 Å². The van der Waals surface area contributed by atoms with Gasteiger partial charge in [-0.2, -0.15) is 8.78 Å². The molecule has 4 rings (SSSR count). The predicted octanol–water partition coefficient (Wildman–Crippen LogP) is 6.74. The largest absolute Gasteiger partial charge is 0.510 e. The van der Waals surface area contributed by atoms with Crippen LogP contribution in [-0.4, -0.2) is 47.3 Å². The fraction of sp³-hybridized carbons (Fsp3) is 0.290. The summed E-state index contributed by atoms with van der Waals surface area (Å²) in [5, 5.41) is 0. The molecule has 0 spiro atoms. The molecule has 47 heavy (non-hydrogen) atoms. The number of halogens is 3. The second kappa shape index (κ2) is 14.2. The third kappa shape index (κ3) is 8.65. The lowest BCUT2D eigenvalue weighted by atomic mass is 10.1. The first-order valence-corrected chi connectivity index (χ1v) is 18.3. The van der Waals surface area contributed by atoms with Crippen molar-refractivity contribution in [2.75, 3.05) is 6.26 Å². The standard InChI is InChI=1S/C31H32BrF2N2O9PS/c1-20(2)43-30(38)44-21(3)45-46(39,40)31(33,34)26-15-10-23(16-27(26)32)18-36-28(24-11-13-25(14-12-24)47(4,41)42)19-35(29(36)37)17-22-8-6-5-7-9-22/h5-16,19-21H,17-18H2,1-4H3,(H,39,40). The normalized spacial score (nSPS) is 14.1. The summed E-state index contributed by atoms with van der Waals surface area (Å²) in [4.78, 5) is 35.6. The van der Waals surface area contributed by atoms with Gasteiger partial charge in [0.25, 0.3) is 0 Å². The number of sulfone groups is 1. The van der Waals surface area contributed by atoms with E-state index in [4.69, 9.17) is 4.74 Å². The molecule has 0 bridgehead atoms. The molecule has 1 N–H and O–H groups in total. The molecule has 11 nitrogen and oxygen atoms in total. The van der Waals surface area contributed by atoms with Gasteiger partial charge in [0.2, 0.25) is 6.29 Å². The van der Waals surface area contributed by atoms with Crippen LogP contribution in [0.4, 0.5) is 13.6 Å². The van der Waals surface area contributed by atoms with E-state index in [1.807, 2.05) is 30.3 Å². The molecule has 0 aliphatic carbocycles. The highest BCUT2D eigenvalue weighted by Gasteiger charge is 2.55. The summed E-state index contributed by atoms with van der Waals surface area (Å²) >= 11 is 3.06. The summed E-state index contributed by atoms with van der Waals surface area (Å²) in [6, 6.07) is 18.7. The van der Waals surface area contributed by atoms with Gasteiger partial charge in [0, 0.05) is 22.5 Å². The van der Waals surface area contributed by atoms with Gasteiger partial charge in [-0.1, -0.05) is 70.5 Å². The van der Waals surface area contributed by atoms with Gasteiger partial charge in [-0.15, -0.1) is 0 Å². The lowest BCUT2D eigenvalue weighted by molar-refractivity contribution is -0.0766. The Morgan fingerprint density at radius 1 is 0.979 bits per heavy atom. The average molecular weight is 758 g/mol. The minimum absolute atomic E-state index is 0.0929. The molecule has 0 saturated carbocycles. The Balaban J connectivity index is 1.65. The maximum absolute atomic E-state index is 15.4. The molecule has 252 valence electrons. The van der Waals surface area contributed by atoms with E-state index in [0.29, 0.717) is 16.8 Å². The molecule has 0 amide bonds. The van der Waals surface area contributed by atoms with Gasteiger partial charge in [-0.05, 0) is 55.7 Å². The number of carbonyl (C=O) groups is 1. The lowest BCUT2D eigenvalue weighted by Gasteiger charge is -2.26. The van der Waals surface area contributed by atoms with Crippen molar-refractivity contribution in [1.82, 2.24) is 9.13 Å². The maximum Gasteiger partial charge on any atom is 0.510 e. The Morgan fingerprint density at radius 2 is 1.62 bits per heavy atom. The number of nitrogens with zero attached hydrogens (tertiary/aromatic N) is 2. The van der Waals surface area contributed by atoms with Crippen LogP contribution in [0.25, 0.3) is 11.3 Å². The van der Waals surface area contributed by atoms with Crippen LogP contribution >= 0.6 is 23.5 Å². The van der Waals surface area contributed by atoms with Crippen LogP contribution in [0, 0.1) is 0 Å². The third-order valence-corrected chi connectivity index (χ3v) is 10.1. The monoisotopic (exact) mass is 756 g/mol. The second-order valence-electron chi connectivity index (χ2n) is 10.9. The molecule has 2 unspecified atom stereocenters. The maximum atomic E-state index is 15.4. The van der Waals surface area contributed by atoms with E-state index in [9.17, 15) is 27.5 Å². The van der Waals surface area contributed by atoms with Gasteiger partial charge in [0.05, 0.1) is 29.8 Å². The van der Waals surface area contributed by atoms with E-state index in [2.05, 4.69) is 25.2 Å². The Bertz CT molecular complexity index is 1960. The van der Waals surface area contributed by atoms with Crippen molar-refractivity contribution in [3.05, 3.63) is 111 Å². The highest BCUT2D eigenvalue weighted by Crippen LogP contribution is 2.64. The van der Waals surface area contributed by atoms with E-state index in [-0.39, 0.29) is 22.5 Å². The zero-order chi connectivity index (χ0) is 34.7. The minimum Gasteiger partial charge on any atom is -0.432 e. The number of benzene rings is 3. The van der Waals surface area contributed by atoms with Crippen molar-refractivity contribution in [2.24, 2.45) is 0 Å². The van der Waals surface area contributed by atoms with Gasteiger partial charge >= 0.3 is 25.1 Å². The number of rotatable bonds is 12. The van der Waals surface area contributed by atoms with Crippen LogP contribution in [0.2, 0.25) is 0 Å². The number of hydrogen-bond donors (Lipinski definition) is 1. The summed E-state index contributed by atoms with van der Waals surface area (Å²) in [6.07, 6.45) is -0.972. The van der Waals surface area contributed by atoms with Crippen LogP contribution in [0.3, 0.4) is 0 Å². The smallest absolute Gasteiger partial charge is 0.432 e. The average Bonchev–Trinajstić information content (AvgIpc) is 3.26. The van der Waals surface area contributed by atoms with Gasteiger partial charge in [-0.3, -0.25) is 18.2 Å². The SMILES string of the molecule is CC(C)OC(=O)OC(C)OP(=O)(O)C(F)(F)c1ccc(Cn2c(-c3ccc(S(C)(=O)=O)cc3)cn(Cc3ccccc3)c2=O)cc1Br. The molecule has 16 heteroatoms. The summed E-state index contributed by atoms with van der Waals surface area (Å²) in [5.41, 5.74) is -3.52. The Labute approximate surface area is 278 Å². The first-order chi connectivity index (χ1) is 21.9. The van der Waals surface area contributed by atoms with Gasteiger partial charge in [0.1, 0.15) is 0 Å².